The Labute approximate surface area is 331 Å². The minimum atomic E-state index is -0.441. The molecular formula is C51H34N4O. The van der Waals surface area contributed by atoms with E-state index in [4.69, 9.17) is 26.2 Å². The van der Waals surface area contributed by atoms with Crippen molar-refractivity contribution in [2.75, 3.05) is 4.90 Å². The molecule has 0 fully saturated rings. The van der Waals surface area contributed by atoms with Crippen LogP contribution in [0.25, 0.3) is 78.4 Å². The van der Waals surface area contributed by atoms with Gasteiger partial charge in [-0.05, 0) is 76.8 Å². The van der Waals surface area contributed by atoms with Gasteiger partial charge in [-0.3, -0.25) is 0 Å². The van der Waals surface area contributed by atoms with Crippen molar-refractivity contribution in [1.82, 2.24) is 15.0 Å². The molecule has 2 heterocycles. The van der Waals surface area contributed by atoms with Gasteiger partial charge in [0.2, 0.25) is 0 Å². The second-order valence-electron chi connectivity index (χ2n) is 13.3. The van der Waals surface area contributed by atoms with Gasteiger partial charge < -0.3 is 9.32 Å². The van der Waals surface area contributed by atoms with Crippen molar-refractivity contribution in [2.24, 2.45) is 0 Å². The van der Waals surface area contributed by atoms with E-state index in [-0.39, 0.29) is 17.8 Å². The largest absolute Gasteiger partial charge is 0.456 e. The normalized spacial score (nSPS) is 12.5. The molecule has 10 aromatic rings. The van der Waals surface area contributed by atoms with E-state index in [2.05, 4.69) is 12.1 Å². The Morgan fingerprint density at radius 1 is 0.393 bits per heavy atom. The van der Waals surface area contributed by atoms with Gasteiger partial charge in [-0.2, -0.15) is 0 Å². The highest BCUT2D eigenvalue weighted by molar-refractivity contribution is 6.12. The van der Waals surface area contributed by atoms with Crippen molar-refractivity contribution in [3.8, 4) is 56.4 Å². The molecule has 0 aliphatic carbocycles. The Hall–Kier alpha value is -7.63. The summed E-state index contributed by atoms with van der Waals surface area (Å²) >= 11 is 0. The molecule has 8 aromatic carbocycles. The van der Waals surface area contributed by atoms with Crippen LogP contribution in [0.2, 0.25) is 0 Å². The zero-order valence-electron chi connectivity index (χ0n) is 34.9. The summed E-state index contributed by atoms with van der Waals surface area (Å²) in [4.78, 5) is 16.6. The second kappa shape index (κ2) is 14.3. The number of hydrogen-bond acceptors (Lipinski definition) is 5. The number of hydrogen-bond donors (Lipinski definition) is 0. The molecule has 0 amide bonds. The topological polar surface area (TPSA) is 55.1 Å². The lowest BCUT2D eigenvalue weighted by Gasteiger charge is -2.26. The Bertz CT molecular complexity index is 3150. The van der Waals surface area contributed by atoms with E-state index < -0.39 is 18.1 Å². The quantitative estimate of drug-likeness (QED) is 0.156. The van der Waals surface area contributed by atoms with Crippen molar-refractivity contribution < 1.29 is 11.3 Å². The predicted octanol–water partition coefficient (Wildman–Crippen LogP) is 13.6. The molecule has 0 radical (unpaired) electrons. The fourth-order valence-corrected chi connectivity index (χ4v) is 7.12. The van der Waals surface area contributed by atoms with Crippen LogP contribution in [0.4, 0.5) is 17.1 Å². The first-order chi connectivity index (χ1) is 29.8. The Kier molecular flexibility index (Phi) is 7.13. The van der Waals surface area contributed by atoms with Gasteiger partial charge in [-0.15, -0.1) is 0 Å². The number of fused-ring (bicyclic) bond motifs is 3. The molecule has 0 atom stereocenters. The lowest BCUT2D eigenvalue weighted by Crippen LogP contribution is -2.09. The number of anilines is 3. The minimum Gasteiger partial charge on any atom is -0.456 e. The summed E-state index contributed by atoms with van der Waals surface area (Å²) < 4.78 is 49.4. The van der Waals surface area contributed by atoms with E-state index in [1.807, 2.05) is 164 Å². The van der Waals surface area contributed by atoms with Crippen LogP contribution in [0.5, 0.6) is 0 Å². The number of furan rings is 1. The maximum Gasteiger partial charge on any atom is 0.164 e. The van der Waals surface area contributed by atoms with Crippen LogP contribution in [-0.4, -0.2) is 15.0 Å². The maximum atomic E-state index is 8.87. The number of nitrogens with zero attached hydrogens (tertiary/aromatic N) is 4. The number of rotatable bonds is 8. The van der Waals surface area contributed by atoms with Crippen LogP contribution >= 0.6 is 0 Å². The maximum absolute atomic E-state index is 8.87. The van der Waals surface area contributed by atoms with E-state index in [1.165, 1.54) is 0 Å². The van der Waals surface area contributed by atoms with E-state index in [0.717, 1.165) is 49.7 Å². The Morgan fingerprint density at radius 2 is 0.893 bits per heavy atom. The minimum absolute atomic E-state index is 0.0654. The van der Waals surface area contributed by atoms with Crippen molar-refractivity contribution in [1.29, 1.82) is 0 Å². The van der Waals surface area contributed by atoms with Crippen LogP contribution in [0.1, 0.15) is 6.85 Å². The lowest BCUT2D eigenvalue weighted by atomic mass is 10.0. The summed E-state index contributed by atoms with van der Waals surface area (Å²) in [7, 11) is 0. The highest BCUT2D eigenvalue weighted by atomic mass is 16.3. The van der Waals surface area contributed by atoms with Gasteiger partial charge in [0.15, 0.2) is 17.5 Å². The Morgan fingerprint density at radius 3 is 1.48 bits per heavy atom. The first-order valence-electron chi connectivity index (χ1n) is 20.8. The fourth-order valence-electron chi connectivity index (χ4n) is 7.12. The Balaban J connectivity index is 1.04. The van der Waals surface area contributed by atoms with Gasteiger partial charge in [-0.1, -0.05) is 152 Å². The second-order valence-corrected chi connectivity index (χ2v) is 13.3. The molecule has 0 bridgehead atoms. The third-order valence-electron chi connectivity index (χ3n) is 9.84. The zero-order valence-corrected chi connectivity index (χ0v) is 29.9. The van der Waals surface area contributed by atoms with E-state index in [9.17, 15) is 0 Å². The molecule has 0 aliphatic rings. The first kappa shape index (κ1) is 27.9. The van der Waals surface area contributed by atoms with E-state index in [1.54, 1.807) is 4.90 Å². The third kappa shape index (κ3) is 6.27. The molecule has 2 aromatic heterocycles. The van der Waals surface area contributed by atoms with Crippen LogP contribution < -0.4 is 4.90 Å². The molecule has 264 valence electrons. The first-order valence-corrected chi connectivity index (χ1v) is 18.3. The van der Waals surface area contributed by atoms with Gasteiger partial charge in [0.1, 0.15) is 11.2 Å². The highest BCUT2D eigenvalue weighted by Gasteiger charge is 2.19. The molecule has 5 nitrogen and oxygen atoms in total. The lowest BCUT2D eigenvalue weighted by molar-refractivity contribution is 0.669. The highest BCUT2D eigenvalue weighted by Crippen LogP contribution is 2.40. The standard InChI is InChI=1S/C51H34N4O/c1-5-14-35(15-6-1)36-24-29-42(30-25-36)55(41-20-11-4-12-21-41)43-31-26-37(27-32-43)40-28-33-44-47(34-40)56-46-23-13-22-45(48(44)46)51-53-49(38-16-7-2-8-17-38)52-50(54-51)39-18-9-3-10-19-39/h1-34H/i4D,11D,12D,20D,21D. The van der Waals surface area contributed by atoms with Crippen LogP contribution in [-0.2, 0) is 0 Å². The van der Waals surface area contributed by atoms with Gasteiger partial charge >= 0.3 is 0 Å². The summed E-state index contributed by atoms with van der Waals surface area (Å²) in [5, 5.41) is 1.82. The van der Waals surface area contributed by atoms with Gasteiger partial charge in [0.05, 0.1) is 6.85 Å². The molecule has 0 N–H and O–H groups in total. The molecule has 56 heavy (non-hydrogen) atoms. The van der Waals surface area contributed by atoms with Crippen LogP contribution in [0, 0.1) is 0 Å². The summed E-state index contributed by atoms with van der Waals surface area (Å²) in [6.45, 7) is 0. The van der Waals surface area contributed by atoms with Crippen molar-refractivity contribution in [2.45, 2.75) is 0 Å². The van der Waals surface area contributed by atoms with E-state index >= 15 is 0 Å². The number of para-hydroxylation sites is 1. The molecule has 0 aliphatic heterocycles. The third-order valence-corrected chi connectivity index (χ3v) is 9.84. The molecule has 0 unspecified atom stereocenters. The summed E-state index contributed by atoms with van der Waals surface area (Å²) in [6, 6.07) is 55.5. The number of aromatic nitrogens is 3. The molecule has 0 saturated carbocycles. The molecular weight excluding hydrogens is 685 g/mol. The average Bonchev–Trinajstić information content (AvgIpc) is 3.71. The smallest absolute Gasteiger partial charge is 0.164 e. The monoisotopic (exact) mass is 723 g/mol. The number of benzene rings is 8. The van der Waals surface area contributed by atoms with Crippen LogP contribution in [0.15, 0.2) is 211 Å². The molecule has 0 spiro atoms. The van der Waals surface area contributed by atoms with Crippen molar-refractivity contribution in [3.05, 3.63) is 206 Å². The summed E-state index contributed by atoms with van der Waals surface area (Å²) in [5.74, 6) is 1.70. The molecule has 10 rings (SSSR count). The fraction of sp³-hybridized carbons (Fsp3) is 0. The predicted molar refractivity (Wildman–Crippen MR) is 229 cm³/mol. The SMILES string of the molecule is [2H]c1c([2H])c([2H])c(N(c2ccc(-c3ccccc3)cc2)c2ccc(-c3ccc4c(c3)oc3cccc(-c5nc(-c6ccccc6)nc(-c6ccccc6)n5)c34)cc2)c([2H])c1[2H]. The summed E-state index contributed by atoms with van der Waals surface area (Å²) in [5.41, 5.74) is 9.22. The molecule has 0 saturated heterocycles. The molecule has 5 heteroatoms. The van der Waals surface area contributed by atoms with Gasteiger partial charge in [-0.25, -0.2) is 15.0 Å². The van der Waals surface area contributed by atoms with Crippen LogP contribution in [0.3, 0.4) is 0 Å². The summed E-state index contributed by atoms with van der Waals surface area (Å²) in [6.07, 6.45) is 0. The zero-order chi connectivity index (χ0) is 41.6. The van der Waals surface area contributed by atoms with Crippen molar-refractivity contribution >= 4 is 39.0 Å². The van der Waals surface area contributed by atoms with Gasteiger partial charge in [0.25, 0.3) is 0 Å². The van der Waals surface area contributed by atoms with Gasteiger partial charge in [0, 0.05) is 44.5 Å². The van der Waals surface area contributed by atoms with Crippen molar-refractivity contribution in [3.63, 3.8) is 0 Å². The average molecular weight is 724 g/mol. The van der Waals surface area contributed by atoms with E-state index in [0.29, 0.717) is 40.0 Å².